The summed E-state index contributed by atoms with van der Waals surface area (Å²) in [6.07, 6.45) is 0.975. The van der Waals surface area contributed by atoms with Crippen LogP contribution in [-0.4, -0.2) is 6.54 Å². The first-order valence-electron chi connectivity index (χ1n) is 8.43. The van der Waals surface area contributed by atoms with Gasteiger partial charge in [-0.3, -0.25) is 0 Å². The minimum absolute atomic E-state index is 0.0527. The van der Waals surface area contributed by atoms with Crippen molar-refractivity contribution < 1.29 is 4.74 Å². The van der Waals surface area contributed by atoms with Crippen molar-refractivity contribution in [3.05, 3.63) is 102 Å². The Morgan fingerprint density at radius 3 is 1.96 bits per heavy atom. The summed E-state index contributed by atoms with van der Waals surface area (Å²) in [6, 6.07) is 30.9. The maximum Gasteiger partial charge on any atom is 0.125 e. The zero-order valence-corrected chi connectivity index (χ0v) is 13.8. The molecule has 2 nitrogen and oxygen atoms in total. The molecule has 0 aliphatic rings. The average molecular weight is 317 g/mol. The van der Waals surface area contributed by atoms with Gasteiger partial charge in [0.15, 0.2) is 0 Å². The quantitative estimate of drug-likeness (QED) is 0.591. The number of hydrogen-bond acceptors (Lipinski definition) is 2. The third-order valence-corrected chi connectivity index (χ3v) is 3.95. The summed E-state index contributed by atoms with van der Waals surface area (Å²) in [5, 5.41) is 3.51. The molecule has 3 aromatic rings. The Labute approximate surface area is 144 Å². The molecular formula is C22H23NO. The van der Waals surface area contributed by atoms with Crippen LogP contribution >= 0.6 is 0 Å². The number of hydrogen-bond donors (Lipinski definition) is 1. The largest absolute Gasteiger partial charge is 0.486 e. The first-order chi connectivity index (χ1) is 11.9. The van der Waals surface area contributed by atoms with Crippen molar-refractivity contribution in [1.82, 2.24) is 5.32 Å². The van der Waals surface area contributed by atoms with Crippen molar-refractivity contribution in [2.45, 2.75) is 19.1 Å². The predicted octanol–water partition coefficient (Wildman–Crippen LogP) is 4.99. The normalized spacial score (nSPS) is 11.8. The molecule has 1 N–H and O–H groups in total. The van der Waals surface area contributed by atoms with Gasteiger partial charge in [0.1, 0.15) is 11.9 Å². The number of rotatable bonds is 8. The summed E-state index contributed by atoms with van der Waals surface area (Å²) >= 11 is 0. The molecule has 0 amide bonds. The highest BCUT2D eigenvalue weighted by atomic mass is 16.5. The zero-order valence-electron chi connectivity index (χ0n) is 13.8. The highest BCUT2D eigenvalue weighted by Crippen LogP contribution is 2.24. The van der Waals surface area contributed by atoms with E-state index >= 15 is 0 Å². The number of ether oxygens (including phenoxy) is 1. The van der Waals surface area contributed by atoms with Crippen molar-refractivity contribution in [2.24, 2.45) is 0 Å². The van der Waals surface area contributed by atoms with E-state index in [2.05, 4.69) is 53.8 Å². The lowest BCUT2D eigenvalue weighted by Gasteiger charge is -2.20. The smallest absolute Gasteiger partial charge is 0.125 e. The Balaban J connectivity index is 1.58. The van der Waals surface area contributed by atoms with Gasteiger partial charge < -0.3 is 10.1 Å². The highest BCUT2D eigenvalue weighted by molar-refractivity contribution is 5.24. The van der Waals surface area contributed by atoms with Crippen molar-refractivity contribution in [3.8, 4) is 5.75 Å². The Morgan fingerprint density at radius 1 is 0.708 bits per heavy atom. The summed E-state index contributed by atoms with van der Waals surface area (Å²) in [7, 11) is 0. The Morgan fingerprint density at radius 2 is 1.29 bits per heavy atom. The van der Waals surface area contributed by atoms with Crippen molar-refractivity contribution >= 4 is 0 Å². The van der Waals surface area contributed by atoms with E-state index in [1.807, 2.05) is 42.5 Å². The van der Waals surface area contributed by atoms with Crippen LogP contribution in [0.4, 0.5) is 0 Å². The molecule has 0 spiro atoms. The summed E-state index contributed by atoms with van der Waals surface area (Å²) in [4.78, 5) is 0. The van der Waals surface area contributed by atoms with E-state index in [1.54, 1.807) is 0 Å². The standard InChI is InChI=1S/C22H23NO/c1-4-10-19(11-5-1)18-23-17-16-22(20-12-6-2-7-13-20)24-21-14-8-3-9-15-21/h1-15,22-23H,16-18H2. The maximum absolute atomic E-state index is 6.21. The van der Waals surface area contributed by atoms with Gasteiger partial charge in [0.2, 0.25) is 0 Å². The molecule has 0 saturated carbocycles. The lowest BCUT2D eigenvalue weighted by Crippen LogP contribution is -2.19. The van der Waals surface area contributed by atoms with Crippen LogP contribution in [0.3, 0.4) is 0 Å². The number of nitrogens with one attached hydrogen (secondary N) is 1. The Bertz CT molecular complexity index is 698. The molecule has 24 heavy (non-hydrogen) atoms. The Kier molecular flexibility index (Phi) is 6.04. The minimum Gasteiger partial charge on any atom is -0.486 e. The summed E-state index contributed by atoms with van der Waals surface area (Å²) < 4.78 is 6.21. The topological polar surface area (TPSA) is 21.3 Å². The molecule has 0 heterocycles. The van der Waals surface area contributed by atoms with Crippen LogP contribution < -0.4 is 10.1 Å². The molecule has 122 valence electrons. The number of benzene rings is 3. The molecule has 0 saturated heterocycles. The van der Waals surface area contributed by atoms with Crippen LogP contribution in [0.2, 0.25) is 0 Å². The summed E-state index contributed by atoms with van der Waals surface area (Å²) in [6.45, 7) is 1.79. The molecular weight excluding hydrogens is 294 g/mol. The minimum atomic E-state index is 0.0527. The first-order valence-corrected chi connectivity index (χ1v) is 8.43. The molecule has 2 heteroatoms. The molecule has 3 aromatic carbocycles. The molecule has 0 bridgehead atoms. The van der Waals surface area contributed by atoms with E-state index in [0.29, 0.717) is 0 Å². The third kappa shape index (κ3) is 4.97. The van der Waals surface area contributed by atoms with Gasteiger partial charge >= 0.3 is 0 Å². The highest BCUT2D eigenvalue weighted by Gasteiger charge is 2.12. The fraction of sp³-hybridized carbons (Fsp3) is 0.182. The second-order valence-electron chi connectivity index (χ2n) is 5.78. The van der Waals surface area contributed by atoms with Crippen LogP contribution in [-0.2, 0) is 6.54 Å². The second kappa shape index (κ2) is 8.90. The van der Waals surface area contributed by atoms with E-state index in [4.69, 9.17) is 4.74 Å². The third-order valence-electron chi connectivity index (χ3n) is 3.95. The first kappa shape index (κ1) is 16.3. The van der Waals surface area contributed by atoms with Gasteiger partial charge in [0.05, 0.1) is 0 Å². The van der Waals surface area contributed by atoms with Gasteiger partial charge in [0, 0.05) is 13.0 Å². The Hall–Kier alpha value is -2.58. The van der Waals surface area contributed by atoms with E-state index in [9.17, 15) is 0 Å². The lowest BCUT2D eigenvalue weighted by atomic mass is 10.1. The van der Waals surface area contributed by atoms with Gasteiger partial charge in [-0.2, -0.15) is 0 Å². The fourth-order valence-corrected chi connectivity index (χ4v) is 2.69. The van der Waals surface area contributed by atoms with Crippen LogP contribution in [0.15, 0.2) is 91.0 Å². The van der Waals surface area contributed by atoms with Gasteiger partial charge in [-0.25, -0.2) is 0 Å². The molecule has 0 fully saturated rings. The second-order valence-corrected chi connectivity index (χ2v) is 5.78. The van der Waals surface area contributed by atoms with E-state index in [-0.39, 0.29) is 6.10 Å². The van der Waals surface area contributed by atoms with Crippen molar-refractivity contribution in [3.63, 3.8) is 0 Å². The monoisotopic (exact) mass is 317 g/mol. The molecule has 1 unspecified atom stereocenters. The van der Waals surface area contributed by atoms with Gasteiger partial charge in [-0.05, 0) is 29.8 Å². The van der Waals surface area contributed by atoms with Crippen LogP contribution in [0.25, 0.3) is 0 Å². The molecule has 0 aliphatic heterocycles. The lowest BCUT2D eigenvalue weighted by molar-refractivity contribution is 0.194. The van der Waals surface area contributed by atoms with Gasteiger partial charge in [-0.15, -0.1) is 0 Å². The van der Waals surface area contributed by atoms with Gasteiger partial charge in [0.25, 0.3) is 0 Å². The van der Waals surface area contributed by atoms with Crippen molar-refractivity contribution in [2.75, 3.05) is 6.54 Å². The average Bonchev–Trinajstić information content (AvgIpc) is 2.66. The van der Waals surface area contributed by atoms with Crippen LogP contribution in [0, 0.1) is 0 Å². The van der Waals surface area contributed by atoms with Gasteiger partial charge in [-0.1, -0.05) is 78.9 Å². The van der Waals surface area contributed by atoms with E-state index in [1.165, 1.54) is 11.1 Å². The maximum atomic E-state index is 6.21. The van der Waals surface area contributed by atoms with E-state index in [0.717, 1.165) is 25.3 Å². The number of para-hydroxylation sites is 1. The fourth-order valence-electron chi connectivity index (χ4n) is 2.69. The van der Waals surface area contributed by atoms with Crippen LogP contribution in [0.5, 0.6) is 5.75 Å². The van der Waals surface area contributed by atoms with Crippen LogP contribution in [0.1, 0.15) is 23.7 Å². The van der Waals surface area contributed by atoms with E-state index < -0.39 is 0 Å². The SMILES string of the molecule is c1ccc(CNCCC(Oc2ccccc2)c2ccccc2)cc1. The molecule has 0 aromatic heterocycles. The predicted molar refractivity (Wildman–Crippen MR) is 99.0 cm³/mol. The molecule has 1 atom stereocenters. The zero-order chi connectivity index (χ0) is 16.5. The van der Waals surface area contributed by atoms with Crippen molar-refractivity contribution in [1.29, 1.82) is 0 Å². The summed E-state index contributed by atoms with van der Waals surface area (Å²) in [5.41, 5.74) is 2.51. The molecule has 0 radical (unpaired) electrons. The summed E-state index contributed by atoms with van der Waals surface area (Å²) in [5.74, 6) is 0.911. The molecule has 0 aliphatic carbocycles. The molecule has 3 rings (SSSR count).